The molecule has 9 rings (SSSR count). The van der Waals surface area contributed by atoms with Crippen molar-refractivity contribution >= 4 is 85.1 Å². The minimum atomic E-state index is -3.67. The van der Waals surface area contributed by atoms with E-state index < -0.39 is 69.6 Å². The molecule has 0 spiro atoms. The summed E-state index contributed by atoms with van der Waals surface area (Å²) in [6.45, 7) is 15.0. The second-order valence-electron chi connectivity index (χ2n) is 26.6. The minimum Gasteiger partial charge on any atom is -0.444 e. The van der Waals surface area contributed by atoms with Gasteiger partial charge in [0.05, 0.1) is 48.8 Å². The Balaban J connectivity index is 0.000000260. The number of amides is 3. The number of aromatic nitrogens is 2. The molecule has 7 aromatic rings. The number of carbonyl (C=O) groups is 5. The number of para-hydroxylation sites is 4. The summed E-state index contributed by atoms with van der Waals surface area (Å²) in [5.74, 6) is -1.24. The van der Waals surface area contributed by atoms with Crippen LogP contribution in [0.25, 0.3) is 22.2 Å². The summed E-state index contributed by atoms with van der Waals surface area (Å²) in [6, 6.07) is 34.1. The summed E-state index contributed by atoms with van der Waals surface area (Å²) in [5.41, 5.74) is 3.64. The van der Waals surface area contributed by atoms with Crippen molar-refractivity contribution in [1.29, 1.82) is 0 Å². The van der Waals surface area contributed by atoms with Crippen molar-refractivity contribution in [3.8, 4) is 0 Å². The van der Waals surface area contributed by atoms with E-state index in [9.17, 15) is 42.6 Å². The molecule has 0 saturated carbocycles. The molecule has 2 saturated heterocycles. The summed E-state index contributed by atoms with van der Waals surface area (Å²) in [5, 5.41) is 33.0. The molecule has 4 heterocycles. The van der Waals surface area contributed by atoms with Gasteiger partial charge < -0.3 is 58.8 Å². The van der Waals surface area contributed by atoms with E-state index in [0.717, 1.165) is 11.1 Å². The molecule has 524 valence electrons. The van der Waals surface area contributed by atoms with Gasteiger partial charge in [0.15, 0.2) is 16.9 Å². The molecule has 0 radical (unpaired) electrons. The van der Waals surface area contributed by atoms with Gasteiger partial charge in [0.25, 0.3) is 0 Å². The highest BCUT2D eigenvalue weighted by Gasteiger charge is 2.42. The van der Waals surface area contributed by atoms with Gasteiger partial charge in [-0.2, -0.15) is 0 Å². The molecule has 97 heavy (non-hydrogen) atoms. The largest absolute Gasteiger partial charge is 0.444 e. The molecule has 0 bridgehead atoms. The molecule has 6 N–H and O–H groups in total. The number of alkyl carbamates (subject to hydrolysis) is 2. The maximum absolute atomic E-state index is 14.3. The molecule has 2 aromatic heterocycles. The number of benzene rings is 5. The number of halogens is 2. The van der Waals surface area contributed by atoms with Crippen molar-refractivity contribution in [1.82, 2.24) is 35.5 Å². The zero-order valence-corrected chi connectivity index (χ0v) is 58.4. The Morgan fingerprint density at radius 3 is 1.57 bits per heavy atom. The van der Waals surface area contributed by atoms with Gasteiger partial charge in [-0.15, -0.1) is 0 Å². The number of carbonyl (C=O) groups excluding carboxylic acids is 5. The van der Waals surface area contributed by atoms with Crippen molar-refractivity contribution in [3.05, 3.63) is 160 Å². The van der Waals surface area contributed by atoms with Crippen LogP contribution in [0, 0.1) is 11.8 Å². The Hall–Kier alpha value is -7.32. The highest BCUT2D eigenvalue weighted by Crippen LogP contribution is 2.35. The summed E-state index contributed by atoms with van der Waals surface area (Å²) in [7, 11) is -3.67. The number of likely N-dealkylation sites (tertiary alicyclic amines) is 1. The first-order valence-electron chi connectivity index (χ1n) is 33.1. The zero-order valence-electron chi connectivity index (χ0n) is 56.1. The van der Waals surface area contributed by atoms with Gasteiger partial charge in [-0.25, -0.2) is 32.7 Å². The number of nitrogens with zero attached hydrogens (tertiary/aromatic N) is 3. The lowest BCUT2D eigenvalue weighted by Gasteiger charge is -2.26. The van der Waals surface area contributed by atoms with Crippen molar-refractivity contribution in [2.45, 2.75) is 185 Å². The van der Waals surface area contributed by atoms with Crippen molar-refractivity contribution in [3.63, 3.8) is 0 Å². The Labute approximate surface area is 577 Å². The normalized spacial score (nSPS) is 17.8. The van der Waals surface area contributed by atoms with Crippen molar-refractivity contribution in [2.24, 2.45) is 11.8 Å². The molecular weight excluding hydrogens is 1310 g/mol. The summed E-state index contributed by atoms with van der Waals surface area (Å²) in [6.07, 6.45) is 0.529. The maximum atomic E-state index is 14.3. The Kier molecular flexibility index (Phi) is 27.6. The number of hydrogen-bond acceptors (Lipinski definition) is 18. The molecule has 22 nitrogen and oxygen atoms in total. The summed E-state index contributed by atoms with van der Waals surface area (Å²) in [4.78, 5) is 76.3. The van der Waals surface area contributed by atoms with E-state index >= 15 is 0 Å². The topological polar surface area (TPSA) is 300 Å². The highest BCUT2D eigenvalue weighted by atomic mass is 35.5. The van der Waals surface area contributed by atoms with Gasteiger partial charge in [-0.3, -0.25) is 14.4 Å². The number of aliphatic hydroxyl groups is 2. The number of aliphatic hydroxyl groups excluding tert-OH is 2. The molecule has 3 amide bonds. The summed E-state index contributed by atoms with van der Waals surface area (Å²) >= 11 is 12.0. The second-order valence-corrected chi connectivity index (χ2v) is 29.2. The molecule has 8 atom stereocenters. The van der Waals surface area contributed by atoms with Gasteiger partial charge in [0.1, 0.15) is 40.2 Å². The van der Waals surface area contributed by atoms with Crippen molar-refractivity contribution < 1.29 is 70.4 Å². The van der Waals surface area contributed by atoms with Gasteiger partial charge in [0, 0.05) is 73.9 Å². The van der Waals surface area contributed by atoms with Crippen molar-refractivity contribution in [2.75, 3.05) is 32.7 Å². The lowest BCUT2D eigenvalue weighted by atomic mass is 9.88. The van der Waals surface area contributed by atoms with Gasteiger partial charge >= 0.3 is 12.2 Å². The van der Waals surface area contributed by atoms with Crippen LogP contribution in [-0.4, -0.2) is 131 Å². The van der Waals surface area contributed by atoms with Gasteiger partial charge in [-0.1, -0.05) is 104 Å². The Morgan fingerprint density at radius 1 is 0.629 bits per heavy atom. The lowest BCUT2D eigenvalue weighted by molar-refractivity contribution is -0.138. The molecule has 0 aliphatic carbocycles. The van der Waals surface area contributed by atoms with Gasteiger partial charge in [-0.05, 0) is 151 Å². The fraction of sp³-hybridized carbons (Fsp3) is 0.486. The quantitative estimate of drug-likeness (QED) is 0.0220. The number of oxazole rings is 2. The van der Waals surface area contributed by atoms with Gasteiger partial charge in [0.2, 0.25) is 27.7 Å². The number of hydrogen-bond donors (Lipinski definition) is 6. The van der Waals surface area contributed by atoms with E-state index in [4.69, 9.17) is 51.0 Å². The third kappa shape index (κ3) is 23.7. The zero-order chi connectivity index (χ0) is 69.9. The number of nitrogens with one attached hydrogen (secondary N) is 4. The average Bonchev–Trinajstić information content (AvgIpc) is 1.76. The highest BCUT2D eigenvalue weighted by molar-refractivity contribution is 7.89. The first kappa shape index (κ1) is 75.5. The number of fused-ring (bicyclic) bond motifs is 2. The standard InChI is InChI=1S/C41H51ClN4O9S.C31H40ClN3O6/c1-5-44-56(51,52)32-19-15-27(16-20-32)22-37(48)46-25-31(53-26-28-13-17-30(42)18-14-28)24-34(46)35(47)23-29(10-8-9-21-43-40(50)55-41(2,3)4)38(49)39-45-33-11-6-7-12-36(33)54-39;1-31(2,3)41-30(38)33-15-7-6-8-21(28(37)29-35-24-9-4-5-10-27(24)40-29)16-26(36)25-17-23(18-34-25)39-19-20-11-13-22(32)14-12-20/h6-7,11-20,29,31,34,38,44,49H,5,8-10,21-26H2,1-4H3,(H,43,50);4-5,9-14,21,23,25,28,34,37H,6-8,15-19H2,1-3H3,(H,33,38)/t29-,31-,34+,38?;21-,23-,25+,28?/m11/s1. The third-order valence-electron chi connectivity index (χ3n) is 16.4. The Morgan fingerprint density at radius 2 is 1.09 bits per heavy atom. The summed E-state index contributed by atoms with van der Waals surface area (Å²) < 4.78 is 62.0. The number of unbranched alkanes of at least 4 members (excludes halogenated alkanes) is 2. The molecule has 2 fully saturated rings. The van der Waals surface area contributed by atoms with E-state index in [-0.39, 0.29) is 91.7 Å². The number of rotatable bonds is 31. The number of Topliss-reactive ketones (excluding diaryl/α,β-unsaturated/α-hetero) is 2. The van der Waals surface area contributed by atoms with E-state index in [1.165, 1.54) is 17.0 Å². The molecule has 2 aliphatic rings. The fourth-order valence-electron chi connectivity index (χ4n) is 11.5. The maximum Gasteiger partial charge on any atom is 0.407 e. The molecular formula is C72H91Cl2N7O15S. The number of ketones is 2. The second kappa shape index (κ2) is 35.4. The number of sulfonamides is 1. The lowest BCUT2D eigenvalue weighted by Crippen LogP contribution is -2.42. The van der Waals surface area contributed by atoms with E-state index in [1.807, 2.05) is 81.4 Å². The average molecular weight is 1400 g/mol. The predicted molar refractivity (Wildman–Crippen MR) is 368 cm³/mol. The first-order chi connectivity index (χ1) is 46.2. The van der Waals surface area contributed by atoms with Crippen LogP contribution in [0.5, 0.6) is 0 Å². The van der Waals surface area contributed by atoms with Crippen LogP contribution in [0.3, 0.4) is 0 Å². The first-order valence-corrected chi connectivity index (χ1v) is 35.3. The van der Waals surface area contributed by atoms with E-state index in [1.54, 1.807) is 76.2 Å². The molecule has 5 aromatic carbocycles. The smallest absolute Gasteiger partial charge is 0.407 e. The minimum absolute atomic E-state index is 0.0228. The molecule has 25 heteroatoms. The number of ether oxygens (including phenoxy) is 4. The Bertz CT molecular complexity index is 3750. The van der Waals surface area contributed by atoms with Crippen LogP contribution in [0.1, 0.15) is 153 Å². The predicted octanol–water partition coefficient (Wildman–Crippen LogP) is 12.2. The third-order valence-corrected chi connectivity index (χ3v) is 18.5. The van der Waals surface area contributed by atoms with E-state index in [2.05, 4.69) is 30.6 Å². The van der Waals surface area contributed by atoms with Crippen LogP contribution >= 0.6 is 23.2 Å². The van der Waals surface area contributed by atoms with E-state index in [0.29, 0.717) is 109 Å². The van der Waals surface area contributed by atoms with Crippen LogP contribution in [0.15, 0.2) is 135 Å². The SMILES string of the molecule is CC(C)(C)OC(=O)NCCCC[C@H](CC(=O)[C@@H]1C[C@@H](OCc2ccc(Cl)cc2)CN1)C(O)c1nc2ccccc2o1.CCNS(=O)(=O)c1ccc(CC(=O)N2C[C@H](OCc3ccc(Cl)cc3)C[C@H]2C(=O)C[C@@H](CCCCNC(=O)OC(C)(C)C)C(O)c2nc3ccccc3o2)cc1. The fourth-order valence-corrected chi connectivity index (χ4v) is 12.8. The van der Waals surface area contributed by atoms with Crippen LogP contribution in [0.4, 0.5) is 9.59 Å². The van der Waals surface area contributed by atoms with Crippen LogP contribution < -0.4 is 20.7 Å². The monoisotopic (exact) mass is 1400 g/mol. The molecule has 2 aliphatic heterocycles. The van der Waals surface area contributed by atoms with Crippen LogP contribution in [-0.2, 0) is 63.0 Å². The van der Waals surface area contributed by atoms with Crippen LogP contribution in [0.2, 0.25) is 10.0 Å². The molecule has 2 unspecified atom stereocenters.